The van der Waals surface area contributed by atoms with Crippen molar-refractivity contribution in [3.8, 4) is 0 Å². The standard InChI is InChI=1S/C17H28O2/c1-5-11(2)9-13-10-17(4)14(12(3)16(13)19)7-6-8-15(17)18/h9,11-12,14-15,18H,5-8,10H2,1-4H3/b13-9+/t11?,12?,14?,15-,17-/m0/s1. The Hall–Kier alpha value is -0.630. The zero-order valence-corrected chi connectivity index (χ0v) is 12.8. The summed E-state index contributed by atoms with van der Waals surface area (Å²) in [5, 5.41) is 10.4. The minimum atomic E-state index is -0.248. The zero-order valence-electron chi connectivity index (χ0n) is 12.8. The molecule has 0 heterocycles. The van der Waals surface area contributed by atoms with Gasteiger partial charge in [0.05, 0.1) is 6.10 Å². The van der Waals surface area contributed by atoms with E-state index in [2.05, 4.69) is 33.8 Å². The quantitative estimate of drug-likeness (QED) is 0.772. The highest BCUT2D eigenvalue weighted by Crippen LogP contribution is 2.53. The maximum absolute atomic E-state index is 12.5. The molecule has 5 atom stereocenters. The van der Waals surface area contributed by atoms with Gasteiger partial charge in [0.25, 0.3) is 0 Å². The van der Waals surface area contributed by atoms with E-state index in [0.29, 0.717) is 17.6 Å². The third kappa shape index (κ3) is 2.52. The van der Waals surface area contributed by atoms with Crippen LogP contribution in [-0.2, 0) is 4.79 Å². The van der Waals surface area contributed by atoms with Crippen LogP contribution < -0.4 is 0 Å². The zero-order chi connectivity index (χ0) is 14.2. The lowest BCUT2D eigenvalue weighted by molar-refractivity contribution is -0.133. The van der Waals surface area contributed by atoms with E-state index in [9.17, 15) is 9.90 Å². The first kappa shape index (κ1) is 14.8. The van der Waals surface area contributed by atoms with Gasteiger partial charge in [-0.2, -0.15) is 0 Å². The Morgan fingerprint density at radius 2 is 2.16 bits per heavy atom. The molecular weight excluding hydrogens is 236 g/mol. The molecule has 2 rings (SSSR count). The second-order valence-electron chi connectivity index (χ2n) is 6.97. The number of hydrogen-bond donors (Lipinski definition) is 1. The molecule has 0 aromatic heterocycles. The first-order chi connectivity index (χ1) is 8.90. The van der Waals surface area contributed by atoms with Gasteiger partial charge in [-0.1, -0.05) is 46.6 Å². The van der Waals surface area contributed by atoms with Gasteiger partial charge in [-0.15, -0.1) is 0 Å². The van der Waals surface area contributed by atoms with Gasteiger partial charge in [-0.25, -0.2) is 0 Å². The molecule has 2 aliphatic carbocycles. The van der Waals surface area contributed by atoms with Crippen LogP contribution in [0.25, 0.3) is 0 Å². The predicted molar refractivity (Wildman–Crippen MR) is 77.8 cm³/mol. The Kier molecular flexibility index (Phi) is 4.20. The Labute approximate surface area is 117 Å². The molecule has 0 aromatic rings. The lowest BCUT2D eigenvalue weighted by atomic mass is 9.54. The molecule has 0 amide bonds. The summed E-state index contributed by atoms with van der Waals surface area (Å²) in [6, 6.07) is 0. The third-order valence-electron chi connectivity index (χ3n) is 5.64. The Bertz CT molecular complexity index is 385. The molecule has 2 aliphatic rings. The Balaban J connectivity index is 2.32. The Morgan fingerprint density at radius 1 is 1.47 bits per heavy atom. The molecule has 2 heteroatoms. The van der Waals surface area contributed by atoms with Crippen LogP contribution in [0, 0.1) is 23.2 Å². The molecule has 108 valence electrons. The second kappa shape index (κ2) is 5.40. The van der Waals surface area contributed by atoms with E-state index in [4.69, 9.17) is 0 Å². The average Bonchev–Trinajstić information content (AvgIpc) is 2.38. The van der Waals surface area contributed by atoms with Gasteiger partial charge in [0.1, 0.15) is 0 Å². The van der Waals surface area contributed by atoms with Crippen molar-refractivity contribution in [2.24, 2.45) is 23.2 Å². The van der Waals surface area contributed by atoms with Crippen molar-refractivity contribution in [2.45, 2.75) is 65.9 Å². The van der Waals surface area contributed by atoms with Crippen molar-refractivity contribution < 1.29 is 9.90 Å². The van der Waals surface area contributed by atoms with Gasteiger partial charge >= 0.3 is 0 Å². The van der Waals surface area contributed by atoms with Crippen molar-refractivity contribution in [2.75, 3.05) is 0 Å². The molecule has 0 saturated heterocycles. The van der Waals surface area contributed by atoms with Crippen LogP contribution in [0.5, 0.6) is 0 Å². The van der Waals surface area contributed by atoms with Crippen LogP contribution in [0.3, 0.4) is 0 Å². The fourth-order valence-corrected chi connectivity index (χ4v) is 4.08. The summed E-state index contributed by atoms with van der Waals surface area (Å²) >= 11 is 0. The summed E-state index contributed by atoms with van der Waals surface area (Å²) in [5.74, 6) is 1.21. The Morgan fingerprint density at radius 3 is 2.79 bits per heavy atom. The van der Waals surface area contributed by atoms with Crippen molar-refractivity contribution >= 4 is 5.78 Å². The van der Waals surface area contributed by atoms with E-state index in [-0.39, 0.29) is 17.4 Å². The van der Waals surface area contributed by atoms with E-state index in [1.165, 1.54) is 0 Å². The van der Waals surface area contributed by atoms with Gasteiger partial charge in [-0.3, -0.25) is 4.79 Å². The average molecular weight is 264 g/mol. The maximum Gasteiger partial charge on any atom is 0.161 e. The third-order valence-corrected chi connectivity index (χ3v) is 5.64. The highest BCUT2D eigenvalue weighted by molar-refractivity contribution is 5.98. The summed E-state index contributed by atoms with van der Waals surface area (Å²) < 4.78 is 0. The van der Waals surface area contributed by atoms with E-state index in [0.717, 1.165) is 37.7 Å². The van der Waals surface area contributed by atoms with E-state index in [1.54, 1.807) is 0 Å². The monoisotopic (exact) mass is 264 g/mol. The normalized spacial score (nSPS) is 43.1. The maximum atomic E-state index is 12.5. The predicted octanol–water partition coefficient (Wildman–Crippen LogP) is 3.74. The molecule has 3 unspecified atom stereocenters. The summed E-state index contributed by atoms with van der Waals surface area (Å²) in [6.45, 7) is 8.57. The molecule has 2 fully saturated rings. The lowest BCUT2D eigenvalue weighted by Gasteiger charge is -2.51. The van der Waals surface area contributed by atoms with E-state index >= 15 is 0 Å². The minimum Gasteiger partial charge on any atom is -0.393 e. The smallest absolute Gasteiger partial charge is 0.161 e. The van der Waals surface area contributed by atoms with Crippen molar-refractivity contribution in [1.29, 1.82) is 0 Å². The topological polar surface area (TPSA) is 37.3 Å². The summed E-state index contributed by atoms with van der Waals surface area (Å²) in [5.41, 5.74) is 0.881. The van der Waals surface area contributed by atoms with Crippen LogP contribution in [-0.4, -0.2) is 17.0 Å². The first-order valence-corrected chi connectivity index (χ1v) is 7.83. The van der Waals surface area contributed by atoms with Crippen molar-refractivity contribution in [1.82, 2.24) is 0 Å². The van der Waals surface area contributed by atoms with Gasteiger partial charge < -0.3 is 5.11 Å². The summed E-state index contributed by atoms with van der Waals surface area (Å²) in [7, 11) is 0. The lowest BCUT2D eigenvalue weighted by Crippen LogP contribution is -2.51. The second-order valence-corrected chi connectivity index (χ2v) is 6.97. The number of ketones is 1. The molecule has 19 heavy (non-hydrogen) atoms. The number of aliphatic hydroxyl groups is 1. The van der Waals surface area contributed by atoms with Gasteiger partial charge in [0.15, 0.2) is 5.78 Å². The number of hydrogen-bond acceptors (Lipinski definition) is 2. The van der Waals surface area contributed by atoms with Crippen LogP contribution in [0.1, 0.15) is 59.8 Å². The van der Waals surface area contributed by atoms with E-state index < -0.39 is 0 Å². The molecule has 0 radical (unpaired) electrons. The number of carbonyl (C=O) groups excluding carboxylic acids is 1. The molecule has 0 bridgehead atoms. The SMILES string of the molecule is CCC(C)/C=C1\C[C@@]2(C)C(CCC[C@@H]2O)C(C)C1=O. The molecule has 0 spiro atoms. The summed E-state index contributed by atoms with van der Waals surface area (Å²) in [4.78, 5) is 12.5. The molecule has 2 saturated carbocycles. The highest BCUT2D eigenvalue weighted by Gasteiger charge is 2.51. The number of Topliss-reactive ketones (excluding diaryl/α,β-unsaturated/α-hetero) is 1. The minimum absolute atomic E-state index is 0.0732. The van der Waals surface area contributed by atoms with Crippen molar-refractivity contribution in [3.05, 3.63) is 11.6 Å². The fourth-order valence-electron chi connectivity index (χ4n) is 4.08. The number of fused-ring (bicyclic) bond motifs is 1. The molecule has 0 aromatic carbocycles. The number of carbonyl (C=O) groups is 1. The van der Waals surface area contributed by atoms with Gasteiger partial charge in [0, 0.05) is 11.3 Å². The molecule has 2 nitrogen and oxygen atoms in total. The van der Waals surface area contributed by atoms with Crippen LogP contribution in [0.4, 0.5) is 0 Å². The molecule has 1 N–H and O–H groups in total. The van der Waals surface area contributed by atoms with E-state index in [1.807, 2.05) is 0 Å². The summed E-state index contributed by atoms with van der Waals surface area (Å²) in [6.07, 6.45) is 6.79. The van der Waals surface area contributed by atoms with Crippen LogP contribution >= 0.6 is 0 Å². The number of rotatable bonds is 2. The van der Waals surface area contributed by atoms with Gasteiger partial charge in [0.2, 0.25) is 0 Å². The number of aliphatic hydroxyl groups excluding tert-OH is 1. The number of allylic oxidation sites excluding steroid dienone is 2. The van der Waals surface area contributed by atoms with Gasteiger partial charge in [-0.05, 0) is 36.7 Å². The van der Waals surface area contributed by atoms with Crippen LogP contribution in [0.15, 0.2) is 11.6 Å². The van der Waals surface area contributed by atoms with Crippen LogP contribution in [0.2, 0.25) is 0 Å². The highest BCUT2D eigenvalue weighted by atomic mass is 16.3. The van der Waals surface area contributed by atoms with Crippen molar-refractivity contribution in [3.63, 3.8) is 0 Å². The largest absolute Gasteiger partial charge is 0.393 e. The molecular formula is C17H28O2. The first-order valence-electron chi connectivity index (χ1n) is 7.83. The fraction of sp³-hybridized carbons (Fsp3) is 0.824. The molecule has 0 aliphatic heterocycles.